The van der Waals surface area contributed by atoms with Crippen molar-refractivity contribution in [3.05, 3.63) is 6.20 Å². The fourth-order valence-electron chi connectivity index (χ4n) is 3.21. The lowest BCUT2D eigenvalue weighted by Gasteiger charge is -2.20. The summed E-state index contributed by atoms with van der Waals surface area (Å²) in [6, 6.07) is 0. The second-order valence-electron chi connectivity index (χ2n) is 4.76. The van der Waals surface area contributed by atoms with Crippen molar-refractivity contribution in [3.8, 4) is 0 Å². The van der Waals surface area contributed by atoms with Gasteiger partial charge in [0.1, 0.15) is 0 Å². The molecule has 0 saturated heterocycles. The van der Waals surface area contributed by atoms with Crippen molar-refractivity contribution in [1.29, 1.82) is 0 Å². The van der Waals surface area contributed by atoms with Gasteiger partial charge in [-0.3, -0.25) is 0 Å². The van der Waals surface area contributed by atoms with E-state index in [0.717, 1.165) is 24.3 Å². The highest BCUT2D eigenvalue weighted by atomic mass is 15.5. The average Bonchev–Trinajstić information content (AvgIpc) is 2.82. The highest BCUT2D eigenvalue weighted by Gasteiger charge is 2.39. The average molecular weight is 192 g/mol. The van der Waals surface area contributed by atoms with Crippen LogP contribution in [0.2, 0.25) is 0 Å². The van der Waals surface area contributed by atoms with Crippen molar-refractivity contribution in [2.24, 2.45) is 17.8 Å². The van der Waals surface area contributed by atoms with Crippen LogP contribution in [0.25, 0.3) is 0 Å². The Morgan fingerprint density at radius 1 is 1.43 bits per heavy atom. The lowest BCUT2D eigenvalue weighted by molar-refractivity contribution is 0.272. The van der Waals surface area contributed by atoms with Gasteiger partial charge in [0.05, 0.1) is 12.7 Å². The van der Waals surface area contributed by atoms with Gasteiger partial charge in [-0.15, -0.1) is 5.10 Å². The molecule has 2 N–H and O–H groups in total. The van der Waals surface area contributed by atoms with E-state index in [4.69, 9.17) is 5.73 Å². The molecule has 1 aromatic rings. The number of nitrogens with two attached hydrogens (primary N) is 1. The molecule has 76 valence electrons. The normalized spacial score (nSPS) is 35.3. The summed E-state index contributed by atoms with van der Waals surface area (Å²) in [5.41, 5.74) is 5.53. The molecule has 4 heteroatoms. The van der Waals surface area contributed by atoms with E-state index >= 15 is 0 Å². The van der Waals surface area contributed by atoms with E-state index in [1.54, 1.807) is 11.0 Å². The SMILES string of the molecule is Nc1cnn(CC2CC3CCC2C3)n1. The molecule has 2 bridgehead atoms. The minimum absolute atomic E-state index is 0.535. The van der Waals surface area contributed by atoms with Crippen molar-refractivity contribution in [2.45, 2.75) is 32.2 Å². The number of rotatable bonds is 2. The Labute approximate surface area is 83.5 Å². The van der Waals surface area contributed by atoms with E-state index in [9.17, 15) is 0 Å². The number of fused-ring (bicyclic) bond motifs is 2. The smallest absolute Gasteiger partial charge is 0.165 e. The number of anilines is 1. The summed E-state index contributed by atoms with van der Waals surface area (Å²) in [5.74, 6) is 3.28. The molecule has 2 saturated carbocycles. The quantitative estimate of drug-likeness (QED) is 0.768. The Bertz CT molecular complexity index is 333. The van der Waals surface area contributed by atoms with Crippen LogP contribution < -0.4 is 5.73 Å². The molecule has 2 aliphatic rings. The van der Waals surface area contributed by atoms with E-state index in [0.29, 0.717) is 5.82 Å². The number of aromatic nitrogens is 3. The maximum atomic E-state index is 5.53. The van der Waals surface area contributed by atoms with Crippen LogP contribution in [0.5, 0.6) is 0 Å². The monoisotopic (exact) mass is 192 g/mol. The summed E-state index contributed by atoms with van der Waals surface area (Å²) < 4.78 is 0. The molecule has 2 aliphatic carbocycles. The molecular weight excluding hydrogens is 176 g/mol. The van der Waals surface area contributed by atoms with Gasteiger partial charge in [-0.25, -0.2) is 0 Å². The third-order valence-electron chi connectivity index (χ3n) is 3.84. The van der Waals surface area contributed by atoms with Gasteiger partial charge in [-0.05, 0) is 37.0 Å². The molecule has 4 nitrogen and oxygen atoms in total. The van der Waals surface area contributed by atoms with Crippen LogP contribution >= 0.6 is 0 Å². The lowest BCUT2D eigenvalue weighted by Crippen LogP contribution is -2.18. The topological polar surface area (TPSA) is 56.7 Å². The molecule has 0 aromatic carbocycles. The van der Waals surface area contributed by atoms with Gasteiger partial charge in [-0.2, -0.15) is 9.90 Å². The lowest BCUT2D eigenvalue weighted by atomic mass is 9.89. The van der Waals surface area contributed by atoms with Gasteiger partial charge in [0, 0.05) is 0 Å². The molecular formula is C10H16N4. The fraction of sp³-hybridized carbons (Fsp3) is 0.800. The van der Waals surface area contributed by atoms with Gasteiger partial charge in [0.25, 0.3) is 0 Å². The summed E-state index contributed by atoms with van der Waals surface area (Å²) in [6.07, 6.45) is 7.34. The number of hydrogen-bond donors (Lipinski definition) is 1. The molecule has 3 atom stereocenters. The maximum Gasteiger partial charge on any atom is 0.165 e. The Balaban J connectivity index is 1.68. The molecule has 0 aliphatic heterocycles. The molecule has 1 aromatic heterocycles. The van der Waals surface area contributed by atoms with Crippen LogP contribution in [0.3, 0.4) is 0 Å². The van der Waals surface area contributed by atoms with Gasteiger partial charge < -0.3 is 5.73 Å². The van der Waals surface area contributed by atoms with E-state index in [2.05, 4.69) is 10.2 Å². The third-order valence-corrected chi connectivity index (χ3v) is 3.84. The Hall–Kier alpha value is -1.06. The van der Waals surface area contributed by atoms with E-state index < -0.39 is 0 Å². The molecule has 2 fully saturated rings. The largest absolute Gasteiger partial charge is 0.381 e. The number of nitrogens with zero attached hydrogens (tertiary/aromatic N) is 3. The second-order valence-corrected chi connectivity index (χ2v) is 4.76. The summed E-state index contributed by atoms with van der Waals surface area (Å²) >= 11 is 0. The first-order valence-electron chi connectivity index (χ1n) is 5.47. The van der Waals surface area contributed by atoms with Crippen LogP contribution in [-0.2, 0) is 6.54 Å². The van der Waals surface area contributed by atoms with Gasteiger partial charge in [0.15, 0.2) is 5.82 Å². The first-order chi connectivity index (χ1) is 6.81. The minimum atomic E-state index is 0.535. The molecule has 1 heterocycles. The highest BCUT2D eigenvalue weighted by Crippen LogP contribution is 2.48. The van der Waals surface area contributed by atoms with Crippen LogP contribution in [-0.4, -0.2) is 15.0 Å². The van der Waals surface area contributed by atoms with Crippen LogP contribution in [0, 0.1) is 17.8 Å². The standard InChI is InChI=1S/C10H16N4/c11-10-5-12-14(13-10)6-9-4-7-1-2-8(9)3-7/h5,7-9H,1-4,6H2,(H2,11,13). The maximum absolute atomic E-state index is 5.53. The number of nitrogen functional groups attached to an aromatic ring is 1. The molecule has 3 rings (SSSR count). The van der Waals surface area contributed by atoms with Crippen molar-refractivity contribution < 1.29 is 0 Å². The van der Waals surface area contributed by atoms with Crippen molar-refractivity contribution in [2.75, 3.05) is 5.73 Å². The minimum Gasteiger partial charge on any atom is -0.381 e. The molecule has 14 heavy (non-hydrogen) atoms. The summed E-state index contributed by atoms with van der Waals surface area (Å²) in [7, 11) is 0. The van der Waals surface area contributed by atoms with Crippen LogP contribution in [0.15, 0.2) is 6.20 Å². The fourth-order valence-corrected chi connectivity index (χ4v) is 3.21. The van der Waals surface area contributed by atoms with E-state index in [1.165, 1.54) is 25.7 Å². The molecule has 0 spiro atoms. The van der Waals surface area contributed by atoms with Crippen molar-refractivity contribution in [1.82, 2.24) is 15.0 Å². The molecule has 0 radical (unpaired) electrons. The Morgan fingerprint density at radius 2 is 2.36 bits per heavy atom. The zero-order chi connectivity index (χ0) is 9.54. The van der Waals surface area contributed by atoms with Gasteiger partial charge in [0.2, 0.25) is 0 Å². The number of hydrogen-bond acceptors (Lipinski definition) is 3. The third kappa shape index (κ3) is 1.29. The van der Waals surface area contributed by atoms with Gasteiger partial charge >= 0.3 is 0 Å². The zero-order valence-electron chi connectivity index (χ0n) is 8.26. The summed E-state index contributed by atoms with van der Waals surface area (Å²) in [6.45, 7) is 0.971. The highest BCUT2D eigenvalue weighted by molar-refractivity contribution is 5.19. The zero-order valence-corrected chi connectivity index (χ0v) is 8.26. The van der Waals surface area contributed by atoms with Crippen molar-refractivity contribution >= 4 is 5.82 Å². The first-order valence-corrected chi connectivity index (χ1v) is 5.47. The second kappa shape index (κ2) is 2.97. The molecule has 0 amide bonds. The first kappa shape index (κ1) is 8.26. The van der Waals surface area contributed by atoms with E-state index in [-0.39, 0.29) is 0 Å². The molecule has 3 unspecified atom stereocenters. The van der Waals surface area contributed by atoms with Crippen LogP contribution in [0.1, 0.15) is 25.7 Å². The summed E-state index contributed by atoms with van der Waals surface area (Å²) in [4.78, 5) is 1.76. The predicted molar refractivity (Wildman–Crippen MR) is 53.4 cm³/mol. The van der Waals surface area contributed by atoms with Gasteiger partial charge in [-0.1, -0.05) is 6.42 Å². The Kier molecular flexibility index (Phi) is 1.75. The summed E-state index contributed by atoms with van der Waals surface area (Å²) in [5, 5.41) is 8.28. The predicted octanol–water partition coefficient (Wildman–Crippen LogP) is 1.30. The Morgan fingerprint density at radius 3 is 2.93 bits per heavy atom. The van der Waals surface area contributed by atoms with Crippen LogP contribution in [0.4, 0.5) is 5.82 Å². The van der Waals surface area contributed by atoms with E-state index in [1.807, 2.05) is 0 Å². The van der Waals surface area contributed by atoms with Crippen molar-refractivity contribution in [3.63, 3.8) is 0 Å².